The first-order chi connectivity index (χ1) is 14.2. The van der Waals surface area contributed by atoms with Gasteiger partial charge < -0.3 is 9.47 Å². The van der Waals surface area contributed by atoms with Crippen molar-refractivity contribution in [1.82, 2.24) is 15.2 Å². The molecule has 2 aromatic heterocycles. The lowest BCUT2D eigenvalue weighted by Gasteiger charge is -2.10. The third-order valence-electron chi connectivity index (χ3n) is 4.62. The van der Waals surface area contributed by atoms with Gasteiger partial charge in [0.15, 0.2) is 11.5 Å². The Labute approximate surface area is 170 Å². The molecule has 0 bridgehead atoms. The Morgan fingerprint density at radius 2 is 1.97 bits per heavy atom. The van der Waals surface area contributed by atoms with Crippen LogP contribution >= 0.6 is 11.3 Å². The predicted molar refractivity (Wildman–Crippen MR) is 111 cm³/mol. The lowest BCUT2D eigenvalue weighted by atomic mass is 10.0. The molecule has 0 saturated heterocycles. The van der Waals surface area contributed by atoms with E-state index in [2.05, 4.69) is 15.5 Å². The van der Waals surface area contributed by atoms with E-state index in [0.717, 1.165) is 27.9 Å². The number of aryl methyl sites for hydroxylation is 1. The zero-order valence-electron chi connectivity index (χ0n) is 15.5. The third kappa shape index (κ3) is 3.27. The smallest absolute Gasteiger partial charge is 0.258 e. The second kappa shape index (κ2) is 7.14. The van der Waals surface area contributed by atoms with Crippen molar-refractivity contribution in [1.29, 1.82) is 0 Å². The van der Waals surface area contributed by atoms with Crippen LogP contribution in [0, 0.1) is 0 Å². The van der Waals surface area contributed by atoms with Crippen molar-refractivity contribution < 1.29 is 14.3 Å². The van der Waals surface area contributed by atoms with Gasteiger partial charge in [0.25, 0.3) is 5.91 Å². The molecule has 8 heteroatoms. The van der Waals surface area contributed by atoms with Crippen molar-refractivity contribution in [2.24, 2.45) is 0 Å². The summed E-state index contributed by atoms with van der Waals surface area (Å²) in [5.41, 5.74) is 2.78. The number of hydrogen-bond donors (Lipinski definition) is 1. The van der Waals surface area contributed by atoms with Crippen molar-refractivity contribution >= 4 is 33.3 Å². The van der Waals surface area contributed by atoms with Crippen molar-refractivity contribution in [3.8, 4) is 22.8 Å². The normalized spacial score (nSPS) is 12.3. The Morgan fingerprint density at radius 1 is 1.10 bits per heavy atom. The molecular formula is C21H16N4O3S. The second-order valence-electron chi connectivity index (χ2n) is 6.45. The van der Waals surface area contributed by atoms with Gasteiger partial charge in [0, 0.05) is 10.9 Å². The Bertz CT molecular complexity index is 1240. The summed E-state index contributed by atoms with van der Waals surface area (Å²) in [7, 11) is 0. The molecule has 144 valence electrons. The number of carbonyl (C=O) groups excluding carboxylic acids is 1. The van der Waals surface area contributed by atoms with Crippen LogP contribution in [0.2, 0.25) is 0 Å². The van der Waals surface area contributed by atoms with Gasteiger partial charge in [0.2, 0.25) is 11.9 Å². The number of nitrogens with zero attached hydrogens (tertiary/aromatic N) is 3. The van der Waals surface area contributed by atoms with Crippen LogP contribution in [-0.2, 0) is 6.42 Å². The van der Waals surface area contributed by atoms with Gasteiger partial charge in [-0.1, -0.05) is 36.5 Å². The second-order valence-corrected chi connectivity index (χ2v) is 7.51. The minimum absolute atomic E-state index is 0.208. The van der Waals surface area contributed by atoms with E-state index in [1.807, 2.05) is 49.4 Å². The summed E-state index contributed by atoms with van der Waals surface area (Å²) in [6, 6.07) is 15.0. The van der Waals surface area contributed by atoms with Crippen molar-refractivity contribution in [3.05, 3.63) is 59.1 Å². The number of rotatable bonds is 4. The summed E-state index contributed by atoms with van der Waals surface area (Å²) in [6.07, 6.45) is 0.778. The lowest BCUT2D eigenvalue weighted by Crippen LogP contribution is -2.13. The average Bonchev–Trinajstić information content (AvgIpc) is 3.41. The van der Waals surface area contributed by atoms with Crippen LogP contribution < -0.4 is 14.8 Å². The highest BCUT2D eigenvalue weighted by molar-refractivity contribution is 7.15. The van der Waals surface area contributed by atoms with E-state index < -0.39 is 0 Å². The quantitative estimate of drug-likeness (QED) is 0.546. The molecule has 0 spiro atoms. The highest BCUT2D eigenvalue weighted by Gasteiger charge is 2.18. The lowest BCUT2D eigenvalue weighted by molar-refractivity contribution is 0.102. The number of para-hydroxylation sites is 1. The van der Waals surface area contributed by atoms with Crippen molar-refractivity contribution in [2.45, 2.75) is 13.3 Å². The third-order valence-corrected chi connectivity index (χ3v) is 5.60. The molecule has 0 radical (unpaired) electrons. The molecule has 0 saturated carbocycles. The van der Waals surface area contributed by atoms with E-state index in [1.165, 1.54) is 11.3 Å². The number of fused-ring (bicyclic) bond motifs is 2. The van der Waals surface area contributed by atoms with Gasteiger partial charge in [-0.15, -0.1) is 10.2 Å². The number of nitrogens with one attached hydrogen (secondary N) is 1. The molecular weight excluding hydrogens is 388 g/mol. The number of carbonyl (C=O) groups is 1. The Hall–Kier alpha value is -3.52. The van der Waals surface area contributed by atoms with Gasteiger partial charge in [-0.05, 0) is 36.8 Å². The van der Waals surface area contributed by atoms with E-state index in [4.69, 9.17) is 14.5 Å². The molecule has 4 aromatic rings. The van der Waals surface area contributed by atoms with Gasteiger partial charge >= 0.3 is 0 Å². The summed E-state index contributed by atoms with van der Waals surface area (Å²) in [5.74, 6) is 1.13. The topological polar surface area (TPSA) is 86.2 Å². The molecule has 0 unspecified atom stereocenters. The van der Waals surface area contributed by atoms with Gasteiger partial charge in [-0.2, -0.15) is 0 Å². The molecule has 2 aromatic carbocycles. The summed E-state index contributed by atoms with van der Waals surface area (Å²) < 4.78 is 10.9. The summed E-state index contributed by atoms with van der Waals surface area (Å²) in [5, 5.41) is 13.1. The molecule has 0 fully saturated rings. The van der Waals surface area contributed by atoms with Crippen LogP contribution in [0.25, 0.3) is 22.2 Å². The first-order valence-corrected chi connectivity index (χ1v) is 9.96. The SMILES string of the molecule is CCc1nnc(NC(=O)c2cc(-c3ccc4c(c3)OCO4)nc3ccccc23)s1. The van der Waals surface area contributed by atoms with Crippen molar-refractivity contribution in [2.75, 3.05) is 12.1 Å². The number of ether oxygens (including phenoxy) is 2. The van der Waals surface area contributed by atoms with E-state index in [9.17, 15) is 4.79 Å². The average molecular weight is 404 g/mol. The number of hydrogen-bond acceptors (Lipinski definition) is 7. The van der Waals surface area contributed by atoms with Gasteiger partial charge in [-0.3, -0.25) is 10.1 Å². The minimum atomic E-state index is -0.246. The highest BCUT2D eigenvalue weighted by Crippen LogP contribution is 2.36. The molecule has 3 heterocycles. The van der Waals surface area contributed by atoms with Gasteiger partial charge in [0.05, 0.1) is 16.8 Å². The monoisotopic (exact) mass is 404 g/mol. The summed E-state index contributed by atoms with van der Waals surface area (Å²) in [4.78, 5) is 17.8. The zero-order valence-corrected chi connectivity index (χ0v) is 16.3. The number of benzene rings is 2. The van der Waals surface area contributed by atoms with Crippen LogP contribution in [0.1, 0.15) is 22.3 Å². The molecule has 0 atom stereocenters. The number of aromatic nitrogens is 3. The van der Waals surface area contributed by atoms with E-state index >= 15 is 0 Å². The number of anilines is 1. The maximum atomic E-state index is 13.1. The van der Waals surface area contributed by atoms with E-state index in [0.29, 0.717) is 27.9 Å². The van der Waals surface area contributed by atoms with Crippen LogP contribution in [0.3, 0.4) is 0 Å². The van der Waals surface area contributed by atoms with Crippen LogP contribution in [-0.4, -0.2) is 27.9 Å². The molecule has 1 aliphatic heterocycles. The Kier molecular flexibility index (Phi) is 4.33. The fraction of sp³-hybridized carbons (Fsp3) is 0.143. The van der Waals surface area contributed by atoms with Crippen LogP contribution in [0.15, 0.2) is 48.5 Å². The standard InChI is InChI=1S/C21H16N4O3S/c1-2-19-24-25-21(29-19)23-20(26)14-10-16(22-15-6-4-3-5-13(14)15)12-7-8-17-18(9-12)28-11-27-17/h3-10H,2,11H2,1H3,(H,23,25,26). The van der Waals surface area contributed by atoms with Gasteiger partial charge in [0.1, 0.15) is 5.01 Å². The first kappa shape index (κ1) is 17.6. The molecule has 1 amide bonds. The molecule has 29 heavy (non-hydrogen) atoms. The summed E-state index contributed by atoms with van der Waals surface area (Å²) in [6.45, 7) is 2.21. The van der Waals surface area contributed by atoms with E-state index in [1.54, 1.807) is 6.07 Å². The molecule has 1 aliphatic rings. The maximum absolute atomic E-state index is 13.1. The molecule has 5 rings (SSSR count). The maximum Gasteiger partial charge on any atom is 0.258 e. The van der Waals surface area contributed by atoms with Gasteiger partial charge in [-0.25, -0.2) is 4.98 Å². The number of pyridine rings is 1. The molecule has 1 N–H and O–H groups in total. The zero-order chi connectivity index (χ0) is 19.8. The van der Waals surface area contributed by atoms with E-state index in [-0.39, 0.29) is 12.7 Å². The fourth-order valence-corrected chi connectivity index (χ4v) is 3.85. The largest absolute Gasteiger partial charge is 0.454 e. The predicted octanol–water partition coefficient (Wildman–Crippen LogP) is 4.30. The van der Waals surface area contributed by atoms with Crippen LogP contribution in [0.4, 0.5) is 5.13 Å². The fourth-order valence-electron chi connectivity index (χ4n) is 3.18. The first-order valence-electron chi connectivity index (χ1n) is 9.15. The Balaban J connectivity index is 1.57. The summed E-state index contributed by atoms with van der Waals surface area (Å²) >= 11 is 1.38. The highest BCUT2D eigenvalue weighted by atomic mass is 32.1. The van der Waals surface area contributed by atoms with Crippen molar-refractivity contribution in [3.63, 3.8) is 0 Å². The van der Waals surface area contributed by atoms with Crippen LogP contribution in [0.5, 0.6) is 11.5 Å². The molecule has 7 nitrogen and oxygen atoms in total. The Morgan fingerprint density at radius 3 is 2.83 bits per heavy atom. The molecule has 0 aliphatic carbocycles. The number of amides is 1. The minimum Gasteiger partial charge on any atom is -0.454 e.